The van der Waals surface area contributed by atoms with Gasteiger partial charge >= 0.3 is 0 Å². The van der Waals surface area contributed by atoms with Gasteiger partial charge in [-0.1, -0.05) is 18.6 Å². The number of rotatable bonds is 4. The fourth-order valence-electron chi connectivity index (χ4n) is 2.61. The number of thioether (sulfide) groups is 1. The predicted molar refractivity (Wildman–Crippen MR) is 74.6 cm³/mol. The van der Waals surface area contributed by atoms with Crippen LogP contribution in [0.1, 0.15) is 37.8 Å². The van der Waals surface area contributed by atoms with Crippen molar-refractivity contribution in [3.05, 3.63) is 29.8 Å². The van der Waals surface area contributed by atoms with Crippen LogP contribution in [0.2, 0.25) is 0 Å². The fourth-order valence-corrected chi connectivity index (χ4v) is 3.56. The highest BCUT2D eigenvalue weighted by Crippen LogP contribution is 2.30. The van der Waals surface area contributed by atoms with E-state index in [-0.39, 0.29) is 0 Å². The molecule has 1 aliphatic rings. The van der Waals surface area contributed by atoms with Crippen molar-refractivity contribution in [2.75, 3.05) is 6.26 Å². The van der Waals surface area contributed by atoms with E-state index in [9.17, 15) is 5.11 Å². The monoisotopic (exact) mass is 251 g/mol. The highest BCUT2D eigenvalue weighted by atomic mass is 32.2. The zero-order valence-electron chi connectivity index (χ0n) is 10.5. The number of hydrogen-bond donors (Lipinski definition) is 2. The zero-order chi connectivity index (χ0) is 12.3. The van der Waals surface area contributed by atoms with Gasteiger partial charge in [0, 0.05) is 17.3 Å². The van der Waals surface area contributed by atoms with Crippen LogP contribution in [-0.2, 0) is 0 Å². The van der Waals surface area contributed by atoms with Gasteiger partial charge < -0.3 is 10.4 Å². The van der Waals surface area contributed by atoms with E-state index < -0.39 is 0 Å². The molecule has 17 heavy (non-hydrogen) atoms. The summed E-state index contributed by atoms with van der Waals surface area (Å²) in [5.41, 5.74) is 1.16. The minimum atomic E-state index is 0.305. The van der Waals surface area contributed by atoms with Crippen LogP contribution < -0.4 is 5.32 Å². The van der Waals surface area contributed by atoms with E-state index in [0.29, 0.717) is 17.8 Å². The summed E-state index contributed by atoms with van der Waals surface area (Å²) in [5, 5.41) is 13.9. The van der Waals surface area contributed by atoms with Gasteiger partial charge in [0.2, 0.25) is 0 Å². The lowest BCUT2D eigenvalue weighted by molar-refractivity contribution is 0.456. The minimum absolute atomic E-state index is 0.305. The molecule has 2 nitrogen and oxygen atoms in total. The standard InChI is InChI=1S/C14H21NOS/c1-10(11-5-3-6-12(16)9-11)15-13-7-4-8-14(13)17-2/h3,5-6,9-10,13-16H,4,7-8H2,1-2H3. The topological polar surface area (TPSA) is 32.3 Å². The molecule has 0 radical (unpaired) electrons. The lowest BCUT2D eigenvalue weighted by Crippen LogP contribution is -2.35. The van der Waals surface area contributed by atoms with Crippen LogP contribution in [0.25, 0.3) is 0 Å². The van der Waals surface area contributed by atoms with Crippen molar-refractivity contribution in [2.45, 2.75) is 43.5 Å². The Kier molecular flexibility index (Phi) is 4.35. The summed E-state index contributed by atoms with van der Waals surface area (Å²) in [4.78, 5) is 0. The maximum Gasteiger partial charge on any atom is 0.115 e. The van der Waals surface area contributed by atoms with Gasteiger partial charge in [0.1, 0.15) is 5.75 Å². The molecule has 1 aromatic carbocycles. The normalized spacial score (nSPS) is 26.0. The molecule has 3 unspecified atom stereocenters. The van der Waals surface area contributed by atoms with Crippen molar-refractivity contribution in [2.24, 2.45) is 0 Å². The molecule has 0 aliphatic heterocycles. The van der Waals surface area contributed by atoms with Crippen LogP contribution in [0.15, 0.2) is 24.3 Å². The van der Waals surface area contributed by atoms with E-state index in [1.165, 1.54) is 19.3 Å². The van der Waals surface area contributed by atoms with Crippen molar-refractivity contribution >= 4 is 11.8 Å². The molecule has 0 saturated heterocycles. The van der Waals surface area contributed by atoms with Crippen molar-refractivity contribution in [3.63, 3.8) is 0 Å². The Morgan fingerprint density at radius 3 is 2.94 bits per heavy atom. The Morgan fingerprint density at radius 1 is 1.41 bits per heavy atom. The van der Waals surface area contributed by atoms with Gasteiger partial charge in [-0.15, -0.1) is 0 Å². The summed E-state index contributed by atoms with van der Waals surface area (Å²) < 4.78 is 0. The number of nitrogens with one attached hydrogen (secondary N) is 1. The first-order valence-electron chi connectivity index (χ1n) is 6.28. The van der Waals surface area contributed by atoms with Crippen LogP contribution >= 0.6 is 11.8 Å². The van der Waals surface area contributed by atoms with Crippen molar-refractivity contribution < 1.29 is 5.11 Å². The molecular formula is C14H21NOS. The summed E-state index contributed by atoms with van der Waals surface area (Å²) in [6, 6.07) is 8.46. The first kappa shape index (κ1) is 12.8. The largest absolute Gasteiger partial charge is 0.508 e. The summed E-state index contributed by atoms with van der Waals surface area (Å²) in [7, 11) is 0. The molecule has 3 atom stereocenters. The molecule has 0 spiro atoms. The average molecular weight is 251 g/mol. The number of phenolic OH excluding ortho intramolecular Hbond substituents is 1. The summed E-state index contributed by atoms with van der Waals surface area (Å²) in [5.74, 6) is 0.351. The van der Waals surface area contributed by atoms with E-state index in [4.69, 9.17) is 0 Å². The van der Waals surface area contributed by atoms with Gasteiger partial charge in [-0.3, -0.25) is 0 Å². The third kappa shape index (κ3) is 3.17. The Morgan fingerprint density at radius 2 is 2.24 bits per heavy atom. The first-order chi connectivity index (χ1) is 8.20. The van der Waals surface area contributed by atoms with E-state index in [2.05, 4.69) is 24.6 Å². The number of benzene rings is 1. The molecule has 0 aromatic heterocycles. The van der Waals surface area contributed by atoms with Gasteiger partial charge in [0.15, 0.2) is 0 Å². The highest BCUT2D eigenvalue weighted by Gasteiger charge is 2.27. The Hall–Kier alpha value is -0.670. The smallest absolute Gasteiger partial charge is 0.115 e. The molecule has 2 rings (SSSR count). The van der Waals surface area contributed by atoms with Gasteiger partial charge in [-0.05, 0) is 43.7 Å². The van der Waals surface area contributed by atoms with E-state index in [1.807, 2.05) is 23.9 Å². The van der Waals surface area contributed by atoms with Gasteiger partial charge in [0.25, 0.3) is 0 Å². The second kappa shape index (κ2) is 5.78. The number of aromatic hydroxyl groups is 1. The summed E-state index contributed by atoms with van der Waals surface area (Å²) in [6.45, 7) is 2.17. The Balaban J connectivity index is 1.99. The van der Waals surface area contributed by atoms with Crippen LogP contribution in [0.3, 0.4) is 0 Å². The number of phenols is 1. The molecule has 94 valence electrons. The molecular weight excluding hydrogens is 230 g/mol. The molecule has 1 aromatic rings. The Labute approximate surface area is 108 Å². The quantitative estimate of drug-likeness (QED) is 0.861. The summed E-state index contributed by atoms with van der Waals surface area (Å²) in [6.07, 6.45) is 6.12. The Bertz CT molecular complexity index is 369. The van der Waals surface area contributed by atoms with Crippen LogP contribution in [0.4, 0.5) is 0 Å². The van der Waals surface area contributed by atoms with Crippen LogP contribution in [0, 0.1) is 0 Å². The number of hydrogen-bond acceptors (Lipinski definition) is 3. The maximum atomic E-state index is 9.49. The maximum absolute atomic E-state index is 9.49. The third-order valence-electron chi connectivity index (χ3n) is 3.59. The van der Waals surface area contributed by atoms with Gasteiger partial charge in [-0.25, -0.2) is 0 Å². The second-order valence-corrected chi connectivity index (χ2v) is 5.87. The molecule has 0 heterocycles. The van der Waals surface area contributed by atoms with Crippen molar-refractivity contribution in [3.8, 4) is 5.75 Å². The first-order valence-corrected chi connectivity index (χ1v) is 7.57. The molecule has 1 saturated carbocycles. The van der Waals surface area contributed by atoms with Crippen LogP contribution in [0.5, 0.6) is 5.75 Å². The molecule has 0 amide bonds. The average Bonchev–Trinajstić information content (AvgIpc) is 2.76. The SMILES string of the molecule is CSC1CCCC1NC(C)c1cccc(O)c1. The molecule has 1 aliphatic carbocycles. The van der Waals surface area contributed by atoms with Crippen LogP contribution in [-0.4, -0.2) is 22.7 Å². The van der Waals surface area contributed by atoms with Crippen molar-refractivity contribution in [1.82, 2.24) is 5.32 Å². The van der Waals surface area contributed by atoms with E-state index in [1.54, 1.807) is 6.07 Å². The van der Waals surface area contributed by atoms with Gasteiger partial charge in [-0.2, -0.15) is 11.8 Å². The predicted octanol–water partition coefficient (Wildman–Crippen LogP) is 3.33. The van der Waals surface area contributed by atoms with Crippen molar-refractivity contribution in [1.29, 1.82) is 0 Å². The molecule has 2 N–H and O–H groups in total. The lowest BCUT2D eigenvalue weighted by atomic mass is 10.1. The fraction of sp³-hybridized carbons (Fsp3) is 0.571. The second-order valence-electron chi connectivity index (χ2n) is 4.79. The molecule has 1 fully saturated rings. The van der Waals surface area contributed by atoms with Gasteiger partial charge in [0.05, 0.1) is 0 Å². The molecule has 3 heteroatoms. The van der Waals surface area contributed by atoms with E-state index in [0.717, 1.165) is 10.8 Å². The molecule has 0 bridgehead atoms. The zero-order valence-corrected chi connectivity index (χ0v) is 11.3. The minimum Gasteiger partial charge on any atom is -0.508 e. The lowest BCUT2D eigenvalue weighted by Gasteiger charge is -2.24. The van der Waals surface area contributed by atoms with E-state index >= 15 is 0 Å². The third-order valence-corrected chi connectivity index (χ3v) is 4.76. The summed E-state index contributed by atoms with van der Waals surface area (Å²) >= 11 is 1.97. The highest BCUT2D eigenvalue weighted by molar-refractivity contribution is 7.99.